The number of rotatable bonds is 6. The summed E-state index contributed by atoms with van der Waals surface area (Å²) >= 11 is 3.12. The Kier molecular flexibility index (Phi) is 5.32. The second kappa shape index (κ2) is 7.83. The van der Waals surface area contributed by atoms with E-state index in [1.165, 1.54) is 6.07 Å². The molecule has 1 aromatic carbocycles. The number of benzene rings is 1. The van der Waals surface area contributed by atoms with Gasteiger partial charge in [-0.1, -0.05) is 12.1 Å². The Balaban J connectivity index is 1.72. The third-order valence-electron chi connectivity index (χ3n) is 3.16. The van der Waals surface area contributed by atoms with Gasteiger partial charge in [-0.15, -0.1) is 0 Å². The summed E-state index contributed by atoms with van der Waals surface area (Å²) in [6.45, 7) is -0.190. The average Bonchev–Trinajstić information content (AvgIpc) is 3.06. The number of nitrogens with two attached hydrogens (primary N) is 1. The summed E-state index contributed by atoms with van der Waals surface area (Å²) in [6, 6.07) is 10.3. The highest BCUT2D eigenvalue weighted by atomic mass is 79.9. The number of hydrogen-bond donors (Lipinski definition) is 2. The molecule has 3 rings (SSSR count). The van der Waals surface area contributed by atoms with E-state index in [-0.39, 0.29) is 30.1 Å². The van der Waals surface area contributed by atoms with Gasteiger partial charge in [0.15, 0.2) is 17.1 Å². The lowest BCUT2D eigenvalue weighted by molar-refractivity contribution is 0.0424. The molecule has 0 saturated carbocycles. The number of methoxy groups -OCH3 is 1. The molecule has 0 amide bonds. The molecule has 0 fully saturated rings. The number of nitrogen functional groups attached to an aromatic ring is 1. The highest BCUT2D eigenvalue weighted by Crippen LogP contribution is 2.25. The number of carbonyl (C=O) groups excluding carboxylic acids is 1. The number of esters is 1. The van der Waals surface area contributed by atoms with Crippen LogP contribution in [0.25, 0.3) is 0 Å². The Hall–Kier alpha value is -3.14. The molecule has 10 heteroatoms. The van der Waals surface area contributed by atoms with Gasteiger partial charge in [-0.05, 0) is 40.2 Å². The van der Waals surface area contributed by atoms with E-state index in [2.05, 4.69) is 36.2 Å². The van der Waals surface area contributed by atoms with Crippen molar-refractivity contribution in [1.29, 1.82) is 0 Å². The summed E-state index contributed by atoms with van der Waals surface area (Å²) in [5.41, 5.74) is 6.36. The number of para-hydroxylation sites is 2. The minimum Gasteiger partial charge on any atom is -0.495 e. The molecule has 26 heavy (non-hydrogen) atoms. The van der Waals surface area contributed by atoms with Crippen LogP contribution in [0, 0.1) is 0 Å². The molecule has 0 aliphatic rings. The number of furan rings is 1. The van der Waals surface area contributed by atoms with Crippen molar-refractivity contribution >= 4 is 39.5 Å². The third-order valence-corrected chi connectivity index (χ3v) is 3.59. The van der Waals surface area contributed by atoms with E-state index in [0.717, 1.165) is 0 Å². The standard InChI is InChI=1S/C16H14BrN5O4/c1-24-10-5-3-2-4-9(10)19-16-21-13(20-15(18)22-16)8-25-14(23)11-6-7-12(17)26-11/h2-7H,8H2,1H3,(H3,18,19,20,21,22). The number of nitrogens with one attached hydrogen (secondary N) is 1. The predicted octanol–water partition coefficient (Wildman–Crippen LogP) is 2.92. The molecule has 0 unspecified atom stereocenters. The summed E-state index contributed by atoms with van der Waals surface area (Å²) < 4.78 is 15.9. The summed E-state index contributed by atoms with van der Waals surface area (Å²) in [4.78, 5) is 24.1. The van der Waals surface area contributed by atoms with Gasteiger partial charge in [0.05, 0.1) is 12.8 Å². The molecular weight excluding hydrogens is 406 g/mol. The Bertz CT molecular complexity index is 931. The van der Waals surface area contributed by atoms with Crippen LogP contribution in [0.5, 0.6) is 5.75 Å². The minimum absolute atomic E-state index is 0.0100. The van der Waals surface area contributed by atoms with E-state index in [1.807, 2.05) is 12.1 Å². The second-order valence-corrected chi connectivity index (χ2v) is 5.72. The van der Waals surface area contributed by atoms with Gasteiger partial charge in [-0.25, -0.2) is 4.79 Å². The first kappa shape index (κ1) is 17.7. The Morgan fingerprint density at radius 3 is 2.77 bits per heavy atom. The number of nitrogens with zero attached hydrogens (tertiary/aromatic N) is 3. The lowest BCUT2D eigenvalue weighted by atomic mass is 10.3. The molecule has 9 nitrogen and oxygen atoms in total. The maximum atomic E-state index is 11.9. The Labute approximate surface area is 156 Å². The normalized spacial score (nSPS) is 10.4. The van der Waals surface area contributed by atoms with E-state index >= 15 is 0 Å². The molecule has 0 radical (unpaired) electrons. The second-order valence-electron chi connectivity index (χ2n) is 4.94. The quantitative estimate of drug-likeness (QED) is 0.579. The molecule has 0 bridgehead atoms. The Morgan fingerprint density at radius 1 is 1.23 bits per heavy atom. The van der Waals surface area contributed by atoms with Gasteiger partial charge in [0.1, 0.15) is 5.75 Å². The predicted molar refractivity (Wildman–Crippen MR) is 96.0 cm³/mol. The number of halogens is 1. The maximum absolute atomic E-state index is 11.9. The topological polar surface area (TPSA) is 125 Å². The van der Waals surface area contributed by atoms with Gasteiger partial charge in [0.25, 0.3) is 0 Å². The summed E-state index contributed by atoms with van der Waals surface area (Å²) in [7, 11) is 1.56. The van der Waals surface area contributed by atoms with Crippen molar-refractivity contribution in [3.05, 3.63) is 52.7 Å². The molecule has 2 aromatic heterocycles. The first-order chi connectivity index (χ1) is 12.5. The number of hydrogen-bond acceptors (Lipinski definition) is 9. The highest BCUT2D eigenvalue weighted by molar-refractivity contribution is 9.10. The van der Waals surface area contributed by atoms with Crippen molar-refractivity contribution in [3.8, 4) is 5.75 Å². The highest BCUT2D eigenvalue weighted by Gasteiger charge is 2.14. The smallest absolute Gasteiger partial charge is 0.374 e. The minimum atomic E-state index is -0.645. The molecule has 0 aliphatic heterocycles. The average molecular weight is 420 g/mol. The third kappa shape index (κ3) is 4.28. The van der Waals surface area contributed by atoms with Gasteiger partial charge in [-0.2, -0.15) is 15.0 Å². The largest absolute Gasteiger partial charge is 0.495 e. The van der Waals surface area contributed by atoms with Gasteiger partial charge in [0.2, 0.25) is 17.7 Å². The van der Waals surface area contributed by atoms with Gasteiger partial charge in [0, 0.05) is 0 Å². The van der Waals surface area contributed by atoms with E-state index in [1.54, 1.807) is 25.3 Å². The molecule has 134 valence electrons. The number of carbonyl (C=O) groups is 1. The van der Waals surface area contributed by atoms with Crippen molar-refractivity contribution < 1.29 is 18.7 Å². The van der Waals surface area contributed by atoms with E-state index in [0.29, 0.717) is 16.1 Å². The molecule has 0 aliphatic carbocycles. The molecule has 2 heterocycles. The fourth-order valence-electron chi connectivity index (χ4n) is 2.05. The summed E-state index contributed by atoms with van der Waals surface area (Å²) in [5, 5.41) is 2.99. The van der Waals surface area contributed by atoms with Crippen LogP contribution in [0.2, 0.25) is 0 Å². The van der Waals surface area contributed by atoms with Crippen LogP contribution in [0.4, 0.5) is 17.6 Å². The van der Waals surface area contributed by atoms with Crippen LogP contribution in [0.3, 0.4) is 0 Å². The van der Waals surface area contributed by atoms with Crippen LogP contribution in [-0.2, 0) is 11.3 Å². The summed E-state index contributed by atoms with van der Waals surface area (Å²) in [6.07, 6.45) is 0. The zero-order valence-corrected chi connectivity index (χ0v) is 15.2. The van der Waals surface area contributed by atoms with Crippen molar-refractivity contribution in [1.82, 2.24) is 15.0 Å². The van der Waals surface area contributed by atoms with Crippen LogP contribution in [-0.4, -0.2) is 28.0 Å². The summed E-state index contributed by atoms with van der Waals surface area (Å²) in [5.74, 6) is 0.412. The lowest BCUT2D eigenvalue weighted by Crippen LogP contribution is -2.11. The van der Waals surface area contributed by atoms with Gasteiger partial charge >= 0.3 is 5.97 Å². The van der Waals surface area contributed by atoms with Crippen molar-refractivity contribution in [3.63, 3.8) is 0 Å². The van der Waals surface area contributed by atoms with Crippen LogP contribution >= 0.6 is 15.9 Å². The number of ether oxygens (including phenoxy) is 2. The molecule has 3 N–H and O–H groups in total. The Morgan fingerprint density at radius 2 is 2.04 bits per heavy atom. The molecule has 0 atom stereocenters. The van der Waals surface area contributed by atoms with Gasteiger partial charge < -0.3 is 24.9 Å². The van der Waals surface area contributed by atoms with Crippen LogP contribution in [0.15, 0.2) is 45.5 Å². The molecule has 0 saturated heterocycles. The van der Waals surface area contributed by atoms with Crippen molar-refractivity contribution in [2.45, 2.75) is 6.61 Å². The first-order valence-corrected chi connectivity index (χ1v) is 8.17. The maximum Gasteiger partial charge on any atom is 0.374 e. The molecule has 0 spiro atoms. The van der Waals surface area contributed by atoms with E-state index in [4.69, 9.17) is 19.6 Å². The SMILES string of the molecule is COc1ccccc1Nc1nc(N)nc(COC(=O)c2ccc(Br)o2)n1. The fraction of sp³-hybridized carbons (Fsp3) is 0.125. The molecular formula is C16H14BrN5O4. The van der Waals surface area contributed by atoms with Crippen LogP contribution in [0.1, 0.15) is 16.4 Å². The first-order valence-electron chi connectivity index (χ1n) is 7.38. The lowest BCUT2D eigenvalue weighted by Gasteiger charge is -2.10. The van der Waals surface area contributed by atoms with E-state index < -0.39 is 5.97 Å². The number of aromatic nitrogens is 3. The zero-order chi connectivity index (χ0) is 18.5. The van der Waals surface area contributed by atoms with E-state index in [9.17, 15) is 4.79 Å². The number of anilines is 3. The van der Waals surface area contributed by atoms with Crippen LogP contribution < -0.4 is 15.8 Å². The van der Waals surface area contributed by atoms with Crippen molar-refractivity contribution in [2.24, 2.45) is 0 Å². The van der Waals surface area contributed by atoms with Gasteiger partial charge in [-0.3, -0.25) is 0 Å². The zero-order valence-electron chi connectivity index (χ0n) is 13.6. The fourth-order valence-corrected chi connectivity index (χ4v) is 2.36. The molecule has 3 aromatic rings. The van der Waals surface area contributed by atoms with Crippen molar-refractivity contribution in [2.75, 3.05) is 18.2 Å². The monoisotopic (exact) mass is 419 g/mol.